The lowest BCUT2D eigenvalue weighted by atomic mass is 10.1. The summed E-state index contributed by atoms with van der Waals surface area (Å²) in [6.07, 6.45) is 0. The highest BCUT2D eigenvalue weighted by Crippen LogP contribution is 2.05. The standard InChI is InChI=1S/C17H28N4O.HI/c1-3-18-17(19-7-8-21-9-11-22-12-10-21)20-14-16-6-4-5-15(2)13-16;/h4-6,13H,3,7-12,14H2,1-2H3,(H2,18,19,20);1H. The molecule has 1 aliphatic heterocycles. The summed E-state index contributed by atoms with van der Waals surface area (Å²) < 4.78 is 5.36. The Morgan fingerprint density at radius 1 is 1.26 bits per heavy atom. The monoisotopic (exact) mass is 432 g/mol. The van der Waals surface area contributed by atoms with Gasteiger partial charge < -0.3 is 15.4 Å². The number of guanidine groups is 1. The number of ether oxygens (including phenoxy) is 1. The normalized spacial score (nSPS) is 15.8. The Kier molecular flexibility index (Phi) is 10.2. The average molecular weight is 432 g/mol. The van der Waals surface area contributed by atoms with Crippen LogP contribution in [0.5, 0.6) is 0 Å². The zero-order chi connectivity index (χ0) is 15.6. The van der Waals surface area contributed by atoms with Crippen LogP contribution in [0.15, 0.2) is 29.3 Å². The molecule has 1 aliphatic rings. The molecule has 0 atom stereocenters. The van der Waals surface area contributed by atoms with Gasteiger partial charge in [-0.05, 0) is 19.4 Å². The molecule has 0 radical (unpaired) electrons. The second-order valence-electron chi connectivity index (χ2n) is 5.57. The van der Waals surface area contributed by atoms with E-state index in [1.807, 2.05) is 0 Å². The van der Waals surface area contributed by atoms with E-state index in [-0.39, 0.29) is 24.0 Å². The van der Waals surface area contributed by atoms with Crippen LogP contribution >= 0.6 is 24.0 Å². The van der Waals surface area contributed by atoms with Gasteiger partial charge in [-0.25, -0.2) is 4.99 Å². The molecule has 5 nitrogen and oxygen atoms in total. The molecule has 6 heteroatoms. The van der Waals surface area contributed by atoms with Crippen molar-refractivity contribution in [1.29, 1.82) is 0 Å². The quantitative estimate of drug-likeness (QED) is 0.410. The first-order valence-electron chi connectivity index (χ1n) is 8.16. The van der Waals surface area contributed by atoms with Crippen LogP contribution in [0.3, 0.4) is 0 Å². The molecule has 0 spiro atoms. The Morgan fingerprint density at radius 2 is 2.04 bits per heavy atom. The summed E-state index contributed by atoms with van der Waals surface area (Å²) in [6.45, 7) is 11.5. The van der Waals surface area contributed by atoms with Gasteiger partial charge in [0.05, 0.1) is 19.8 Å². The number of benzene rings is 1. The second-order valence-corrected chi connectivity index (χ2v) is 5.57. The van der Waals surface area contributed by atoms with Crippen LogP contribution < -0.4 is 10.6 Å². The van der Waals surface area contributed by atoms with Crippen LogP contribution in [0.4, 0.5) is 0 Å². The summed E-state index contributed by atoms with van der Waals surface area (Å²) in [4.78, 5) is 7.08. The van der Waals surface area contributed by atoms with Crippen LogP contribution in [0.25, 0.3) is 0 Å². The molecule has 0 aromatic heterocycles. The summed E-state index contributed by atoms with van der Waals surface area (Å²) in [7, 11) is 0. The minimum atomic E-state index is 0. The lowest BCUT2D eigenvalue weighted by Gasteiger charge is -2.26. The molecule has 0 saturated carbocycles. The Morgan fingerprint density at radius 3 is 2.74 bits per heavy atom. The minimum Gasteiger partial charge on any atom is -0.379 e. The third kappa shape index (κ3) is 7.99. The van der Waals surface area contributed by atoms with Gasteiger partial charge in [0.2, 0.25) is 0 Å². The SMILES string of the molecule is CCNC(=NCc1cccc(C)c1)NCCN1CCOCC1.I. The summed E-state index contributed by atoms with van der Waals surface area (Å²) in [5.74, 6) is 0.886. The van der Waals surface area contributed by atoms with Gasteiger partial charge in [-0.1, -0.05) is 29.8 Å². The van der Waals surface area contributed by atoms with Crippen molar-refractivity contribution in [2.24, 2.45) is 4.99 Å². The fourth-order valence-corrected chi connectivity index (χ4v) is 2.48. The van der Waals surface area contributed by atoms with Crippen LogP contribution in [0.2, 0.25) is 0 Å². The average Bonchev–Trinajstić information content (AvgIpc) is 2.54. The summed E-state index contributed by atoms with van der Waals surface area (Å²) >= 11 is 0. The van der Waals surface area contributed by atoms with Crippen molar-refractivity contribution in [1.82, 2.24) is 15.5 Å². The maximum atomic E-state index is 5.36. The molecular formula is C17H29IN4O. The van der Waals surface area contributed by atoms with Crippen molar-refractivity contribution in [2.45, 2.75) is 20.4 Å². The molecule has 2 rings (SSSR count). The molecule has 130 valence electrons. The molecule has 0 amide bonds. The lowest BCUT2D eigenvalue weighted by Crippen LogP contribution is -2.44. The van der Waals surface area contributed by atoms with E-state index in [2.05, 4.69) is 58.6 Å². The molecule has 23 heavy (non-hydrogen) atoms. The predicted octanol–water partition coefficient (Wildman–Crippen LogP) is 2.00. The molecule has 1 fully saturated rings. The zero-order valence-electron chi connectivity index (χ0n) is 14.2. The first-order valence-corrected chi connectivity index (χ1v) is 8.16. The van der Waals surface area contributed by atoms with Crippen LogP contribution in [0, 0.1) is 6.92 Å². The van der Waals surface area contributed by atoms with E-state index in [1.165, 1.54) is 11.1 Å². The van der Waals surface area contributed by atoms with Crippen molar-refractivity contribution in [2.75, 3.05) is 45.9 Å². The van der Waals surface area contributed by atoms with Crippen LogP contribution in [-0.4, -0.2) is 56.8 Å². The largest absolute Gasteiger partial charge is 0.379 e. The highest BCUT2D eigenvalue weighted by Gasteiger charge is 2.09. The number of nitrogens with one attached hydrogen (secondary N) is 2. The van der Waals surface area contributed by atoms with Gasteiger partial charge in [0.25, 0.3) is 0 Å². The van der Waals surface area contributed by atoms with Crippen molar-refractivity contribution >= 4 is 29.9 Å². The molecule has 1 heterocycles. The predicted molar refractivity (Wildman–Crippen MR) is 107 cm³/mol. The summed E-state index contributed by atoms with van der Waals surface area (Å²) in [5, 5.41) is 6.71. The third-order valence-corrected chi connectivity index (χ3v) is 3.67. The molecule has 1 aromatic rings. The Labute approximate surface area is 156 Å². The van der Waals surface area contributed by atoms with E-state index in [9.17, 15) is 0 Å². The zero-order valence-corrected chi connectivity index (χ0v) is 16.5. The fraction of sp³-hybridized carbons (Fsp3) is 0.588. The number of nitrogens with zero attached hydrogens (tertiary/aromatic N) is 2. The molecule has 0 bridgehead atoms. The lowest BCUT2D eigenvalue weighted by molar-refractivity contribution is 0.0389. The maximum absolute atomic E-state index is 5.36. The first kappa shape index (κ1) is 20.2. The summed E-state index contributed by atoms with van der Waals surface area (Å²) in [6, 6.07) is 8.49. The highest BCUT2D eigenvalue weighted by molar-refractivity contribution is 14.0. The number of halogens is 1. The van der Waals surface area contributed by atoms with Gasteiger partial charge in [-0.15, -0.1) is 24.0 Å². The van der Waals surface area contributed by atoms with Gasteiger partial charge in [0.15, 0.2) is 5.96 Å². The van der Waals surface area contributed by atoms with Gasteiger partial charge in [0, 0.05) is 32.7 Å². The number of aryl methyl sites for hydroxylation is 1. The van der Waals surface area contributed by atoms with E-state index < -0.39 is 0 Å². The fourth-order valence-electron chi connectivity index (χ4n) is 2.48. The molecule has 0 aliphatic carbocycles. The van der Waals surface area contributed by atoms with E-state index in [0.29, 0.717) is 6.54 Å². The van der Waals surface area contributed by atoms with Gasteiger partial charge in [-0.3, -0.25) is 4.90 Å². The molecule has 1 aromatic carbocycles. The van der Waals surface area contributed by atoms with Crippen LogP contribution in [-0.2, 0) is 11.3 Å². The number of hydrogen-bond donors (Lipinski definition) is 2. The second kappa shape index (κ2) is 11.6. The number of rotatable bonds is 6. The van der Waals surface area contributed by atoms with E-state index in [1.54, 1.807) is 0 Å². The topological polar surface area (TPSA) is 48.9 Å². The summed E-state index contributed by atoms with van der Waals surface area (Å²) in [5.41, 5.74) is 2.52. The van der Waals surface area contributed by atoms with Crippen molar-refractivity contribution < 1.29 is 4.74 Å². The Bertz CT molecular complexity index is 475. The van der Waals surface area contributed by atoms with Crippen molar-refractivity contribution in [3.8, 4) is 0 Å². The number of hydrogen-bond acceptors (Lipinski definition) is 3. The molecule has 1 saturated heterocycles. The van der Waals surface area contributed by atoms with E-state index in [4.69, 9.17) is 4.74 Å². The van der Waals surface area contributed by atoms with Gasteiger partial charge in [-0.2, -0.15) is 0 Å². The smallest absolute Gasteiger partial charge is 0.191 e. The molecule has 2 N–H and O–H groups in total. The van der Waals surface area contributed by atoms with Crippen LogP contribution in [0.1, 0.15) is 18.1 Å². The van der Waals surface area contributed by atoms with Crippen molar-refractivity contribution in [3.63, 3.8) is 0 Å². The Hall–Kier alpha value is -0.860. The first-order chi connectivity index (χ1) is 10.8. The molecule has 0 unspecified atom stereocenters. The van der Waals surface area contributed by atoms with E-state index >= 15 is 0 Å². The number of aliphatic imine (C=N–C) groups is 1. The molecular weight excluding hydrogens is 403 g/mol. The Balaban J connectivity index is 0.00000264. The van der Waals surface area contributed by atoms with Gasteiger partial charge in [0.1, 0.15) is 0 Å². The highest BCUT2D eigenvalue weighted by atomic mass is 127. The van der Waals surface area contributed by atoms with Crippen molar-refractivity contribution in [3.05, 3.63) is 35.4 Å². The third-order valence-electron chi connectivity index (χ3n) is 3.67. The van der Waals surface area contributed by atoms with E-state index in [0.717, 1.165) is 51.9 Å². The maximum Gasteiger partial charge on any atom is 0.191 e. The number of morpholine rings is 1. The minimum absolute atomic E-state index is 0. The van der Waals surface area contributed by atoms with Gasteiger partial charge >= 0.3 is 0 Å².